The van der Waals surface area contributed by atoms with Gasteiger partial charge in [0.05, 0.1) is 23.8 Å². The highest BCUT2D eigenvalue weighted by molar-refractivity contribution is 7.90. The van der Waals surface area contributed by atoms with Crippen LogP contribution in [0.25, 0.3) is 16.7 Å². The molecule has 1 unspecified atom stereocenters. The summed E-state index contributed by atoms with van der Waals surface area (Å²) in [7, 11) is 1.37. The summed E-state index contributed by atoms with van der Waals surface area (Å²) >= 11 is -1.79. The van der Waals surface area contributed by atoms with Crippen molar-refractivity contribution in [3.8, 4) is 11.4 Å². The number of hydrogen-bond donors (Lipinski definition) is 1. The maximum absolute atomic E-state index is 13.0. The van der Waals surface area contributed by atoms with Crippen LogP contribution < -0.4 is 4.74 Å². The van der Waals surface area contributed by atoms with Gasteiger partial charge in [-0.3, -0.25) is 9.96 Å². The van der Waals surface area contributed by atoms with E-state index in [0.717, 1.165) is 10.7 Å². The number of ether oxygens (including phenoxy) is 1. The van der Waals surface area contributed by atoms with Crippen molar-refractivity contribution in [1.29, 1.82) is 0 Å². The molecule has 26 heavy (non-hydrogen) atoms. The van der Waals surface area contributed by atoms with Crippen LogP contribution >= 0.6 is 0 Å². The number of pyridine rings is 1. The Morgan fingerprint density at radius 2 is 2.19 bits per heavy atom. The number of aromatic nitrogens is 4. The van der Waals surface area contributed by atoms with Gasteiger partial charge in [-0.05, 0) is 43.3 Å². The molecule has 0 radical (unpaired) electrons. The van der Waals surface area contributed by atoms with Crippen molar-refractivity contribution in [3.63, 3.8) is 0 Å². The van der Waals surface area contributed by atoms with Gasteiger partial charge in [0.15, 0.2) is 7.16 Å². The second-order valence-corrected chi connectivity index (χ2v) is 6.94. The van der Waals surface area contributed by atoms with Crippen LogP contribution in [-0.2, 0) is 16.9 Å². The van der Waals surface area contributed by atoms with Crippen LogP contribution in [0.15, 0.2) is 60.1 Å². The van der Waals surface area contributed by atoms with Crippen molar-refractivity contribution in [3.05, 3.63) is 66.2 Å². The molecule has 3 aromatic heterocycles. The lowest BCUT2D eigenvalue weighted by atomic mass is 10.2. The van der Waals surface area contributed by atoms with Gasteiger partial charge in [0, 0.05) is 45.1 Å². The number of nitrogens with one attached hydrogen (secondary N) is 1. The van der Waals surface area contributed by atoms with Gasteiger partial charge >= 0.3 is 5.16 Å². The lowest BCUT2D eigenvalue weighted by Crippen LogP contribution is -2.10. The fourth-order valence-electron chi connectivity index (χ4n) is 2.65. The first-order chi connectivity index (χ1) is 14.3. The number of hydrogen-bond acceptors (Lipinski definition) is 4. The lowest BCUT2D eigenvalue weighted by molar-refractivity contribution is 0.410. The summed E-state index contributed by atoms with van der Waals surface area (Å²) < 4.78 is 51.8. The van der Waals surface area contributed by atoms with Crippen LogP contribution in [-0.4, -0.2) is 31.2 Å². The molecule has 0 saturated carbocycles. The summed E-state index contributed by atoms with van der Waals surface area (Å²) in [4.78, 5) is 9.51. The van der Waals surface area contributed by atoms with E-state index in [0.29, 0.717) is 11.0 Å². The van der Waals surface area contributed by atoms with Gasteiger partial charge in [0.1, 0.15) is 5.75 Å². The van der Waals surface area contributed by atoms with Gasteiger partial charge in [-0.2, -0.15) is 4.98 Å². The van der Waals surface area contributed by atoms with Crippen molar-refractivity contribution in [1.82, 2.24) is 19.5 Å². The molecule has 0 aliphatic heterocycles. The summed E-state index contributed by atoms with van der Waals surface area (Å²) in [5, 5.41) is 0.0239. The van der Waals surface area contributed by atoms with E-state index in [2.05, 4.69) is 9.97 Å². The van der Waals surface area contributed by atoms with Gasteiger partial charge < -0.3 is 13.9 Å². The van der Waals surface area contributed by atoms with E-state index in [1.807, 2.05) is 35.2 Å². The smallest absolute Gasteiger partial charge is 0.322 e. The Morgan fingerprint density at radius 3 is 2.96 bits per heavy atom. The Bertz CT molecular complexity index is 1190. The molecule has 0 saturated heterocycles. The fourth-order valence-corrected chi connectivity index (χ4v) is 3.65. The maximum Gasteiger partial charge on any atom is 0.322 e. The number of nitrogens with zero attached hydrogens (tertiary/aromatic N) is 3. The number of imidazole rings is 1. The zero-order valence-electron chi connectivity index (χ0n) is 17.9. The average Bonchev–Trinajstić information content (AvgIpc) is 3.35. The van der Waals surface area contributed by atoms with E-state index < -0.39 is 18.0 Å². The van der Waals surface area contributed by atoms with Gasteiger partial charge in [0.2, 0.25) is 0 Å². The molecule has 1 aromatic carbocycles. The van der Waals surface area contributed by atoms with E-state index in [1.54, 1.807) is 12.1 Å². The first-order valence-electron chi connectivity index (χ1n) is 9.80. The fraction of sp³-hybridized carbons (Fsp3) is 0.158. The van der Waals surface area contributed by atoms with Crippen LogP contribution in [0.3, 0.4) is 0 Å². The molecule has 132 valence electrons. The number of H-pyrrole nitrogens is 1. The minimum Gasteiger partial charge on any atom is -0.609 e. The third-order valence-corrected chi connectivity index (χ3v) is 5.10. The Morgan fingerprint density at radius 1 is 1.35 bits per heavy atom. The lowest BCUT2D eigenvalue weighted by Gasteiger charge is -2.10. The number of fused-ring (bicyclic) bond motifs is 1. The van der Waals surface area contributed by atoms with Gasteiger partial charge in [-0.1, -0.05) is 0 Å². The predicted octanol–water partition coefficient (Wildman–Crippen LogP) is 3.37. The quantitative estimate of drug-likeness (QED) is 0.546. The van der Waals surface area contributed by atoms with Crippen LogP contribution in [0.1, 0.15) is 15.4 Å². The summed E-state index contributed by atoms with van der Waals surface area (Å²) in [5.41, 5.74) is 1.94. The first-order valence-corrected chi connectivity index (χ1v) is 9.17. The molecule has 0 spiro atoms. The number of aromatic amines is 1. The maximum atomic E-state index is 13.0. The van der Waals surface area contributed by atoms with Crippen molar-refractivity contribution < 1.29 is 14.8 Å². The second-order valence-electron chi connectivity index (χ2n) is 5.59. The Hall–Kier alpha value is -2.77. The molecule has 7 heteroatoms. The third-order valence-electron chi connectivity index (χ3n) is 3.98. The average molecular weight is 370 g/mol. The van der Waals surface area contributed by atoms with Crippen LogP contribution in [0, 0.1) is 6.85 Å². The topological polar surface area (TPSA) is 78.8 Å². The Kier molecular flexibility index (Phi) is 3.31. The minimum absolute atomic E-state index is 0.0239. The van der Waals surface area contributed by atoms with E-state index in [4.69, 9.17) is 10.3 Å². The van der Waals surface area contributed by atoms with Gasteiger partial charge in [-0.15, -0.1) is 0 Å². The Balaban J connectivity index is 1.71. The molecular weight excluding hydrogens is 348 g/mol. The molecule has 0 amide bonds. The molecule has 4 aromatic rings. The molecule has 0 fully saturated rings. The normalized spacial score (nSPS) is 15.2. The molecule has 3 heterocycles. The highest BCUT2D eigenvalue weighted by atomic mass is 32.2. The predicted molar refractivity (Wildman–Crippen MR) is 101 cm³/mol. The van der Waals surface area contributed by atoms with E-state index in [9.17, 15) is 4.55 Å². The monoisotopic (exact) mass is 370 g/mol. The summed E-state index contributed by atoms with van der Waals surface area (Å²) in [6.45, 7) is -2.48. The van der Waals surface area contributed by atoms with Crippen LogP contribution in [0.2, 0.25) is 1.41 Å². The standard InChI is InChI=1S/C19H18N4O2S/c1-13-17(20-8-7-18(13)25-2)12-26(24)19-21-15-6-5-14(11-16(15)22-19)23-9-3-4-10-23/h3-11H,12H2,1-2H3,(H,21,22)/i1D3/hD. The SMILES string of the molecule is [2H]n1c([S+]([O-])Cc2nccc(OC)c2C([2H])([2H])[2H])nc2cc(-n3cccc3)ccc21. The summed E-state index contributed by atoms with van der Waals surface area (Å²) in [5.74, 6) is -0.0369. The van der Waals surface area contributed by atoms with E-state index in [1.165, 1.54) is 19.4 Å². The molecule has 4 rings (SSSR count). The molecular formula is C19H18N4O2S. The molecule has 0 bridgehead atoms. The van der Waals surface area contributed by atoms with Gasteiger partial charge in [0.25, 0.3) is 0 Å². The van der Waals surface area contributed by atoms with Crippen molar-refractivity contribution in [2.45, 2.75) is 17.8 Å². The highest BCUT2D eigenvalue weighted by Crippen LogP contribution is 2.24. The molecule has 6 nitrogen and oxygen atoms in total. The molecule has 0 aliphatic rings. The first kappa shape index (κ1) is 12.6. The molecule has 1 N–H and O–H groups in total. The van der Waals surface area contributed by atoms with Crippen molar-refractivity contribution in [2.24, 2.45) is 0 Å². The highest BCUT2D eigenvalue weighted by Gasteiger charge is 2.20. The third kappa shape index (κ3) is 3.07. The summed E-state index contributed by atoms with van der Waals surface area (Å²) in [6, 6.07) is 10.6. The number of rotatable bonds is 5. The zero-order chi connectivity index (χ0) is 21.5. The van der Waals surface area contributed by atoms with Crippen LogP contribution in [0.4, 0.5) is 0 Å². The number of benzene rings is 1. The zero-order valence-corrected chi connectivity index (χ0v) is 14.7. The van der Waals surface area contributed by atoms with Crippen molar-refractivity contribution >= 4 is 22.2 Å². The molecule has 0 aliphatic carbocycles. The van der Waals surface area contributed by atoms with Crippen LogP contribution in [0.5, 0.6) is 5.75 Å². The Labute approximate surface area is 159 Å². The largest absolute Gasteiger partial charge is 0.609 e. The van der Waals surface area contributed by atoms with E-state index in [-0.39, 0.29) is 27.9 Å². The van der Waals surface area contributed by atoms with E-state index >= 15 is 0 Å². The molecule has 1 atom stereocenters. The summed E-state index contributed by atoms with van der Waals surface area (Å²) in [6.07, 6.45) is 5.19. The number of methoxy groups -OCH3 is 1. The van der Waals surface area contributed by atoms with Gasteiger partial charge in [-0.25, -0.2) is 0 Å². The van der Waals surface area contributed by atoms with Crippen molar-refractivity contribution in [2.75, 3.05) is 7.11 Å². The minimum atomic E-state index is -2.48. The second kappa shape index (κ2) is 6.86.